The maximum atomic E-state index is 12.5. The predicted octanol–water partition coefficient (Wildman–Crippen LogP) is 2.24. The molecule has 0 atom stereocenters. The normalized spacial score (nSPS) is 15.8. The number of carboxylic acids is 1. The average Bonchev–Trinajstić information content (AvgIpc) is 2.47. The fourth-order valence-electron chi connectivity index (χ4n) is 2.38. The van der Waals surface area contributed by atoms with E-state index >= 15 is 0 Å². The van der Waals surface area contributed by atoms with Crippen LogP contribution in [0.4, 0.5) is 0 Å². The van der Waals surface area contributed by atoms with E-state index in [9.17, 15) is 9.59 Å². The van der Waals surface area contributed by atoms with Crippen LogP contribution in [0, 0.1) is 5.92 Å². The molecule has 0 spiro atoms. The van der Waals surface area contributed by atoms with Crippen LogP contribution in [0.5, 0.6) is 0 Å². The van der Waals surface area contributed by atoms with Gasteiger partial charge in [0.25, 0.3) is 0 Å². The van der Waals surface area contributed by atoms with Crippen LogP contribution in [0.25, 0.3) is 0 Å². The van der Waals surface area contributed by atoms with E-state index in [2.05, 4.69) is 0 Å². The van der Waals surface area contributed by atoms with Gasteiger partial charge in [0.2, 0.25) is 5.91 Å². The van der Waals surface area contributed by atoms with Crippen molar-refractivity contribution >= 4 is 23.6 Å². The number of carboxylic acid groups (broad SMARTS) is 1. The van der Waals surface area contributed by atoms with Crippen molar-refractivity contribution in [3.63, 3.8) is 0 Å². The molecular weight excluding hydrogens is 274 g/mol. The molecule has 4 nitrogen and oxygen atoms in total. The third-order valence-electron chi connectivity index (χ3n) is 3.42. The van der Waals surface area contributed by atoms with Crippen molar-refractivity contribution in [3.05, 3.63) is 35.9 Å². The predicted molar refractivity (Wildman–Crippen MR) is 79.5 cm³/mol. The van der Waals surface area contributed by atoms with Gasteiger partial charge in [-0.05, 0) is 29.9 Å². The lowest BCUT2D eigenvalue weighted by molar-refractivity contribution is -0.147. The van der Waals surface area contributed by atoms with Crippen LogP contribution in [0.1, 0.15) is 18.4 Å². The third kappa shape index (κ3) is 4.27. The van der Waals surface area contributed by atoms with Crippen LogP contribution in [0.2, 0.25) is 0 Å². The molecule has 108 valence electrons. The first-order valence-corrected chi connectivity index (χ1v) is 7.94. The van der Waals surface area contributed by atoms with Crippen LogP contribution >= 0.6 is 11.8 Å². The number of nitrogens with zero attached hydrogens (tertiary/aromatic N) is 1. The van der Waals surface area contributed by atoms with Gasteiger partial charge in [0.1, 0.15) is 6.54 Å². The fraction of sp³-hybridized carbons (Fsp3) is 0.467. The molecule has 20 heavy (non-hydrogen) atoms. The molecule has 0 bridgehead atoms. The number of aliphatic carboxylic acids is 1. The van der Waals surface area contributed by atoms with Gasteiger partial charge in [-0.3, -0.25) is 9.59 Å². The summed E-state index contributed by atoms with van der Waals surface area (Å²) in [5.41, 5.74) is 0.965. The molecule has 0 unspecified atom stereocenters. The molecule has 1 saturated heterocycles. The monoisotopic (exact) mass is 293 g/mol. The summed E-state index contributed by atoms with van der Waals surface area (Å²) in [4.78, 5) is 25.0. The van der Waals surface area contributed by atoms with Crippen LogP contribution < -0.4 is 0 Å². The van der Waals surface area contributed by atoms with Crippen molar-refractivity contribution in [2.75, 3.05) is 18.1 Å². The van der Waals surface area contributed by atoms with Crippen molar-refractivity contribution < 1.29 is 14.7 Å². The molecule has 0 saturated carbocycles. The highest BCUT2D eigenvalue weighted by Crippen LogP contribution is 2.25. The van der Waals surface area contributed by atoms with Gasteiger partial charge in [-0.2, -0.15) is 11.8 Å². The van der Waals surface area contributed by atoms with Crippen molar-refractivity contribution in [1.82, 2.24) is 4.90 Å². The van der Waals surface area contributed by atoms with Gasteiger partial charge in [0, 0.05) is 12.5 Å². The van der Waals surface area contributed by atoms with E-state index in [1.54, 1.807) is 0 Å². The summed E-state index contributed by atoms with van der Waals surface area (Å²) in [7, 11) is 0. The van der Waals surface area contributed by atoms with Crippen molar-refractivity contribution in [2.24, 2.45) is 5.92 Å². The first-order chi connectivity index (χ1) is 9.66. The smallest absolute Gasteiger partial charge is 0.323 e. The number of carbonyl (C=O) groups excluding carboxylic acids is 1. The molecular formula is C15H19NO3S. The minimum absolute atomic E-state index is 0.0145. The lowest BCUT2D eigenvalue weighted by Gasteiger charge is -2.28. The second-order valence-corrected chi connectivity index (χ2v) is 6.19. The van der Waals surface area contributed by atoms with E-state index in [0.717, 1.165) is 29.9 Å². The Labute approximate surface area is 123 Å². The fourth-order valence-corrected chi connectivity index (χ4v) is 3.49. The highest BCUT2D eigenvalue weighted by Gasteiger charge is 2.27. The van der Waals surface area contributed by atoms with Gasteiger partial charge in [0.15, 0.2) is 0 Å². The Morgan fingerprint density at radius 2 is 1.85 bits per heavy atom. The molecule has 1 aliphatic heterocycles. The number of thioether (sulfide) groups is 1. The standard InChI is InChI=1S/C15H19NO3S/c17-14(18)11-16(10-12-4-2-1-3-5-12)15(19)13-6-8-20-9-7-13/h1-5,13H,6-11H2,(H,17,18). The minimum Gasteiger partial charge on any atom is -0.480 e. The first-order valence-electron chi connectivity index (χ1n) is 6.79. The molecule has 1 aliphatic rings. The van der Waals surface area contributed by atoms with Gasteiger partial charge in [0.05, 0.1) is 0 Å². The highest BCUT2D eigenvalue weighted by molar-refractivity contribution is 7.99. The number of benzene rings is 1. The van der Waals surface area contributed by atoms with Crippen LogP contribution in [-0.2, 0) is 16.1 Å². The molecule has 0 aromatic heterocycles. The van der Waals surface area contributed by atoms with Gasteiger partial charge in [-0.1, -0.05) is 30.3 Å². The van der Waals surface area contributed by atoms with E-state index in [0.29, 0.717) is 6.54 Å². The zero-order valence-corrected chi connectivity index (χ0v) is 12.1. The van der Waals surface area contributed by atoms with Gasteiger partial charge in [-0.25, -0.2) is 0 Å². The van der Waals surface area contributed by atoms with E-state index in [4.69, 9.17) is 5.11 Å². The van der Waals surface area contributed by atoms with E-state index in [1.807, 2.05) is 42.1 Å². The maximum absolute atomic E-state index is 12.5. The molecule has 1 aromatic carbocycles. The molecule has 5 heteroatoms. The summed E-state index contributed by atoms with van der Waals surface area (Å²) >= 11 is 1.86. The summed E-state index contributed by atoms with van der Waals surface area (Å²) in [5, 5.41) is 9.01. The largest absolute Gasteiger partial charge is 0.480 e. The Bertz CT molecular complexity index is 457. The number of hydrogen-bond acceptors (Lipinski definition) is 3. The first kappa shape index (κ1) is 14.9. The second-order valence-electron chi connectivity index (χ2n) is 4.96. The average molecular weight is 293 g/mol. The van der Waals surface area contributed by atoms with Crippen LogP contribution in [0.15, 0.2) is 30.3 Å². The zero-order chi connectivity index (χ0) is 14.4. The third-order valence-corrected chi connectivity index (χ3v) is 4.47. The summed E-state index contributed by atoms with van der Waals surface area (Å²) in [6.07, 6.45) is 1.71. The van der Waals surface area contributed by atoms with Crippen molar-refractivity contribution in [1.29, 1.82) is 0 Å². The maximum Gasteiger partial charge on any atom is 0.323 e. The summed E-state index contributed by atoms with van der Waals surface area (Å²) < 4.78 is 0. The quantitative estimate of drug-likeness (QED) is 0.904. The van der Waals surface area contributed by atoms with Crippen LogP contribution in [0.3, 0.4) is 0 Å². The summed E-state index contributed by atoms with van der Waals surface area (Å²) in [5.74, 6) is 0.987. The van der Waals surface area contributed by atoms with Gasteiger partial charge >= 0.3 is 5.97 Å². The van der Waals surface area contributed by atoms with E-state index in [1.165, 1.54) is 4.90 Å². The molecule has 1 heterocycles. The Kier molecular flexibility index (Phi) is 5.47. The van der Waals surface area contributed by atoms with E-state index in [-0.39, 0.29) is 18.4 Å². The number of rotatable bonds is 5. The SMILES string of the molecule is O=C(O)CN(Cc1ccccc1)C(=O)C1CCSCC1. The number of amides is 1. The lowest BCUT2D eigenvalue weighted by atomic mass is 10.0. The zero-order valence-electron chi connectivity index (χ0n) is 11.3. The molecule has 1 N–H and O–H groups in total. The lowest BCUT2D eigenvalue weighted by Crippen LogP contribution is -2.40. The van der Waals surface area contributed by atoms with Crippen molar-refractivity contribution in [2.45, 2.75) is 19.4 Å². The summed E-state index contributed by atoms with van der Waals surface area (Å²) in [6, 6.07) is 9.54. The second kappa shape index (κ2) is 7.33. The highest BCUT2D eigenvalue weighted by atomic mass is 32.2. The number of carbonyl (C=O) groups is 2. The molecule has 1 aromatic rings. The topological polar surface area (TPSA) is 57.6 Å². The molecule has 1 amide bonds. The Morgan fingerprint density at radius 1 is 1.20 bits per heavy atom. The number of hydrogen-bond donors (Lipinski definition) is 1. The van der Waals surface area contributed by atoms with Crippen molar-refractivity contribution in [3.8, 4) is 0 Å². The minimum atomic E-state index is -0.959. The van der Waals surface area contributed by atoms with Crippen LogP contribution in [-0.4, -0.2) is 39.9 Å². The molecule has 0 aliphatic carbocycles. The Hall–Kier alpha value is -1.49. The van der Waals surface area contributed by atoms with E-state index < -0.39 is 5.97 Å². The molecule has 1 fully saturated rings. The summed E-state index contributed by atoms with van der Waals surface area (Å²) in [6.45, 7) is 0.146. The van der Waals surface area contributed by atoms with Gasteiger partial charge in [-0.15, -0.1) is 0 Å². The molecule has 0 radical (unpaired) electrons. The Balaban J connectivity index is 2.05. The van der Waals surface area contributed by atoms with Gasteiger partial charge < -0.3 is 10.0 Å². The Morgan fingerprint density at radius 3 is 2.45 bits per heavy atom. The molecule has 2 rings (SSSR count).